The molecule has 2 fully saturated rings. The number of carbonyl (C=O) groups excluding carboxylic acids is 2. The van der Waals surface area contributed by atoms with E-state index in [1.165, 1.54) is 36.3 Å². The zero-order chi connectivity index (χ0) is 20.1. The van der Waals surface area contributed by atoms with Crippen molar-refractivity contribution in [3.05, 3.63) is 22.4 Å². The molecule has 0 radical (unpaired) electrons. The second-order valence-electron chi connectivity index (χ2n) is 6.78. The number of hydrogen-bond acceptors (Lipinski definition) is 7. The van der Waals surface area contributed by atoms with Crippen LogP contribution in [0.1, 0.15) is 28.2 Å². The smallest absolute Gasteiger partial charge is 1.00 e. The zero-order valence-electron chi connectivity index (χ0n) is 18.7. The van der Waals surface area contributed by atoms with Gasteiger partial charge in [-0.1, -0.05) is 0 Å². The summed E-state index contributed by atoms with van der Waals surface area (Å²) in [6.07, 6.45) is 0. The van der Waals surface area contributed by atoms with Gasteiger partial charge in [-0.25, -0.2) is 4.79 Å². The van der Waals surface area contributed by atoms with Gasteiger partial charge in [0.25, 0.3) is 11.6 Å². The molecule has 0 saturated carbocycles. The van der Waals surface area contributed by atoms with Gasteiger partial charge in [0.15, 0.2) is 5.92 Å². The minimum Gasteiger partial charge on any atom is -1.00 e. The third kappa shape index (κ3) is 4.31. The van der Waals surface area contributed by atoms with Crippen LogP contribution in [-0.4, -0.2) is 67.9 Å². The van der Waals surface area contributed by atoms with Gasteiger partial charge in [-0.2, -0.15) is 11.3 Å². The third-order valence-corrected chi connectivity index (χ3v) is 7.07. The quantitative estimate of drug-likeness (QED) is 0.165. The summed E-state index contributed by atoms with van der Waals surface area (Å²) in [7, 11) is 1.22. The van der Waals surface area contributed by atoms with Gasteiger partial charge in [0.05, 0.1) is 0 Å². The molecule has 0 bridgehead atoms. The van der Waals surface area contributed by atoms with Crippen LogP contribution in [0.5, 0.6) is 0 Å². The maximum absolute atomic E-state index is 12.8. The summed E-state index contributed by atoms with van der Waals surface area (Å²) in [6.45, 7) is 3.38. The van der Waals surface area contributed by atoms with Crippen molar-refractivity contribution in [1.29, 1.82) is 0 Å². The molecule has 0 aromatic carbocycles. The molecule has 3 heterocycles. The van der Waals surface area contributed by atoms with Crippen molar-refractivity contribution in [1.82, 2.24) is 10.2 Å². The van der Waals surface area contributed by atoms with Gasteiger partial charge in [-0.05, 0) is 36.2 Å². The number of fused-ring (bicyclic) bond motifs is 1. The first-order valence-electron chi connectivity index (χ1n) is 7.92. The number of thioether (sulfide) groups is 1. The summed E-state index contributed by atoms with van der Waals surface area (Å²) in [6, 6.07) is 0.443. The van der Waals surface area contributed by atoms with Crippen molar-refractivity contribution in [3.8, 4) is 0 Å². The molecule has 3 rings (SSSR count). The minimum atomic E-state index is -1.80. The first kappa shape index (κ1) is 26.9. The first-order valence-corrected chi connectivity index (χ1v) is 9.74. The fourth-order valence-electron chi connectivity index (χ4n) is 3.48. The summed E-state index contributed by atoms with van der Waals surface area (Å²) >= 11 is 2.43. The predicted octanol–water partition coefficient (Wildman–Crippen LogP) is -5.24. The Morgan fingerprint density at radius 1 is 1.31 bits per heavy atom. The van der Waals surface area contributed by atoms with Crippen LogP contribution < -0.4 is 64.4 Å². The number of carboxylic acids is 2. The maximum Gasteiger partial charge on any atom is 1.00 e. The molecule has 150 valence electrons. The zero-order valence-corrected chi connectivity index (χ0v) is 22.3. The number of nitrogens with zero attached hydrogens (tertiary/aromatic N) is 1. The molecule has 1 unspecified atom stereocenters. The van der Waals surface area contributed by atoms with Gasteiger partial charge in [0, 0.05) is 11.9 Å². The molecule has 2 saturated heterocycles. The van der Waals surface area contributed by atoms with Crippen LogP contribution in [0.15, 0.2) is 16.8 Å². The third-order valence-electron chi connectivity index (χ3n) is 4.76. The van der Waals surface area contributed by atoms with Crippen LogP contribution in [0.4, 0.5) is 0 Å². The molecular formula is C16H20N2Na2O7S2. The van der Waals surface area contributed by atoms with E-state index in [4.69, 9.17) is 4.74 Å². The normalized spacial score (nSPS) is 27.6. The number of aliphatic carboxylic acids is 2. The second kappa shape index (κ2) is 9.58. The molecule has 0 spiro atoms. The van der Waals surface area contributed by atoms with E-state index in [0.29, 0.717) is 5.56 Å². The second-order valence-corrected chi connectivity index (χ2v) is 9.30. The largest absolute Gasteiger partial charge is 1.00 e. The molecular weight excluding hydrogens is 442 g/mol. The van der Waals surface area contributed by atoms with E-state index in [1.54, 1.807) is 24.6 Å². The van der Waals surface area contributed by atoms with Crippen LogP contribution in [0.3, 0.4) is 0 Å². The number of rotatable bonds is 6. The molecule has 2 aliphatic rings. The topological polar surface area (TPSA) is 133 Å². The average molecular weight is 462 g/mol. The molecule has 2 aliphatic heterocycles. The molecule has 29 heavy (non-hydrogen) atoms. The van der Waals surface area contributed by atoms with Gasteiger partial charge in [-0.3, -0.25) is 14.4 Å². The summed E-state index contributed by atoms with van der Waals surface area (Å²) in [5.74, 6) is -5.61. The van der Waals surface area contributed by atoms with E-state index in [-0.39, 0.29) is 62.0 Å². The Balaban J connectivity index is 0. The van der Waals surface area contributed by atoms with E-state index in [0.717, 1.165) is 4.90 Å². The molecule has 1 aromatic heterocycles. The van der Waals surface area contributed by atoms with Gasteiger partial charge in [0.2, 0.25) is 5.91 Å². The van der Waals surface area contributed by atoms with Gasteiger partial charge in [0.1, 0.15) is 11.4 Å². The number of amides is 2. The summed E-state index contributed by atoms with van der Waals surface area (Å²) in [4.78, 5) is 49.9. The molecule has 9 nitrogen and oxygen atoms in total. The molecule has 3 N–H and O–H groups in total. The van der Waals surface area contributed by atoms with Crippen LogP contribution in [0.2, 0.25) is 0 Å². The van der Waals surface area contributed by atoms with Crippen molar-refractivity contribution < 1.29 is 96.1 Å². The molecule has 1 aromatic rings. The van der Waals surface area contributed by atoms with E-state index in [9.17, 15) is 29.4 Å². The Labute approximate surface area is 222 Å². The molecule has 2 amide bonds. The van der Waals surface area contributed by atoms with Crippen molar-refractivity contribution in [3.63, 3.8) is 0 Å². The number of ether oxygens (including phenoxy) is 1. The fourth-order valence-corrected chi connectivity index (χ4v) is 5.84. The Bertz CT molecular complexity index is 831. The van der Waals surface area contributed by atoms with Crippen LogP contribution in [-0.2, 0) is 23.9 Å². The van der Waals surface area contributed by atoms with Gasteiger partial charge < -0.3 is 28.0 Å². The van der Waals surface area contributed by atoms with E-state index in [2.05, 4.69) is 5.32 Å². The Morgan fingerprint density at radius 2 is 1.93 bits per heavy atom. The van der Waals surface area contributed by atoms with Crippen LogP contribution >= 0.6 is 23.1 Å². The van der Waals surface area contributed by atoms with Gasteiger partial charge in [-0.15, -0.1) is 11.8 Å². The number of thiophene rings is 1. The summed E-state index contributed by atoms with van der Waals surface area (Å²) < 4.78 is 4.50. The number of hydrogen-bond donors (Lipinski definition) is 3. The monoisotopic (exact) mass is 462 g/mol. The fraction of sp³-hybridized carbons (Fsp3) is 0.500. The van der Waals surface area contributed by atoms with E-state index < -0.39 is 51.6 Å². The minimum absolute atomic E-state index is 0. The van der Waals surface area contributed by atoms with Crippen molar-refractivity contribution >= 4 is 46.9 Å². The summed E-state index contributed by atoms with van der Waals surface area (Å²) in [5.41, 5.74) is -1.50. The first-order chi connectivity index (χ1) is 12.6. The number of nitrogens with one attached hydrogen (secondary N) is 1. The Hall–Kier alpha value is -0.110. The van der Waals surface area contributed by atoms with Crippen LogP contribution in [0, 0.1) is 0 Å². The van der Waals surface area contributed by atoms with Crippen molar-refractivity contribution in [2.24, 2.45) is 0 Å². The van der Waals surface area contributed by atoms with Crippen molar-refractivity contribution in [2.45, 2.75) is 41.7 Å². The number of β-lactam (4-membered cyclic amide) rings is 1. The number of carbonyl (C=O) groups is 4. The predicted molar refractivity (Wildman–Crippen MR) is 98.5 cm³/mol. The average Bonchev–Trinajstić information content (AvgIpc) is 3.16. The maximum atomic E-state index is 12.8. The SMILES string of the molecule is CO[C@@]1(NC(=O)C(C(=O)O)c2ccsc2)C(=O)N2[C@@H](C(=O)O)C(C)(C)S[C@@H]21.[H-].[H-].[Na+].[Na+]. The van der Waals surface area contributed by atoms with Gasteiger partial charge >= 0.3 is 71.1 Å². The number of methoxy groups -OCH3 is 1. The standard InChI is InChI=1S/C16H18N2O7S2.2Na.2H/c1-15(2)9(12(22)23)18-13(24)16(25-3,14(18)27-15)17-10(19)8(11(20)21)7-4-5-26-6-7;;;;/h4-6,8-9,14H,1-3H3,(H,17,19)(H,20,21)(H,22,23);;;;/q;2*+1;2*-1/t8?,9-,14+,16-;;;;/m0..../s1. The molecule has 4 atom stereocenters. The summed E-state index contributed by atoms with van der Waals surface area (Å²) in [5, 5.41) is 23.8. The molecule has 0 aliphatic carbocycles. The Morgan fingerprint density at radius 3 is 2.38 bits per heavy atom. The molecule has 13 heteroatoms. The van der Waals surface area contributed by atoms with E-state index in [1.807, 2.05) is 0 Å². The van der Waals surface area contributed by atoms with Crippen molar-refractivity contribution in [2.75, 3.05) is 7.11 Å². The van der Waals surface area contributed by atoms with E-state index >= 15 is 0 Å². The van der Waals surface area contributed by atoms with Crippen LogP contribution in [0.25, 0.3) is 0 Å². The number of carboxylic acid groups (broad SMARTS) is 2. The Kier molecular flexibility index (Phi) is 8.89.